The van der Waals surface area contributed by atoms with Crippen molar-refractivity contribution in [1.29, 1.82) is 0 Å². The molecule has 2 aromatic heterocycles. The summed E-state index contributed by atoms with van der Waals surface area (Å²) >= 11 is 0. The van der Waals surface area contributed by atoms with Gasteiger partial charge in [0, 0.05) is 49.8 Å². The summed E-state index contributed by atoms with van der Waals surface area (Å²) in [4.78, 5) is 21.8. The van der Waals surface area contributed by atoms with Gasteiger partial charge in [-0.1, -0.05) is 12.1 Å². The smallest absolute Gasteiger partial charge is 0.274 e. The molecular formula is C27H26FN5O. The monoisotopic (exact) mass is 455 g/mol. The van der Waals surface area contributed by atoms with Crippen LogP contribution in [0.1, 0.15) is 21.6 Å². The Bertz CT molecular complexity index is 1310. The molecule has 0 spiro atoms. The first-order valence-corrected chi connectivity index (χ1v) is 11.4. The Kier molecular flexibility index (Phi) is 5.84. The third kappa shape index (κ3) is 4.17. The maximum absolute atomic E-state index is 13.5. The molecule has 1 amide bonds. The van der Waals surface area contributed by atoms with Crippen LogP contribution < -0.4 is 4.90 Å². The number of pyridine rings is 1. The van der Waals surface area contributed by atoms with E-state index in [4.69, 9.17) is 0 Å². The standard InChI is InChI=1S/C27H26FN5O/c1-19-5-3-7-25(20(19)2)31-13-15-32(16-14-31)27(34)24-17-26(21-6-4-12-29-18-21)33(30-24)23-10-8-22(28)9-11-23/h3-12,17-18H,13-16H2,1-2H3. The fourth-order valence-corrected chi connectivity index (χ4v) is 4.38. The van der Waals surface area contributed by atoms with Crippen LogP contribution in [-0.4, -0.2) is 51.8 Å². The summed E-state index contributed by atoms with van der Waals surface area (Å²) in [5.74, 6) is -0.427. The van der Waals surface area contributed by atoms with Gasteiger partial charge in [0.2, 0.25) is 0 Å². The van der Waals surface area contributed by atoms with E-state index in [0.717, 1.165) is 24.3 Å². The number of piperazine rings is 1. The predicted molar refractivity (Wildman–Crippen MR) is 131 cm³/mol. The molecule has 0 bridgehead atoms. The third-order valence-electron chi connectivity index (χ3n) is 6.44. The minimum absolute atomic E-state index is 0.105. The van der Waals surface area contributed by atoms with Gasteiger partial charge >= 0.3 is 0 Å². The van der Waals surface area contributed by atoms with Crippen molar-refractivity contribution >= 4 is 11.6 Å². The lowest BCUT2D eigenvalue weighted by Gasteiger charge is -2.36. The zero-order valence-electron chi connectivity index (χ0n) is 19.3. The van der Waals surface area contributed by atoms with Gasteiger partial charge in [0.1, 0.15) is 5.82 Å². The van der Waals surface area contributed by atoms with Gasteiger partial charge in [-0.3, -0.25) is 9.78 Å². The van der Waals surface area contributed by atoms with Crippen LogP contribution >= 0.6 is 0 Å². The third-order valence-corrected chi connectivity index (χ3v) is 6.44. The number of nitrogens with zero attached hydrogens (tertiary/aromatic N) is 5. The summed E-state index contributed by atoms with van der Waals surface area (Å²) < 4.78 is 15.2. The van der Waals surface area contributed by atoms with Crippen LogP contribution in [0.4, 0.5) is 10.1 Å². The van der Waals surface area contributed by atoms with Crippen LogP contribution in [-0.2, 0) is 0 Å². The number of aromatic nitrogens is 3. The first-order chi connectivity index (χ1) is 16.5. The Morgan fingerprint density at radius 1 is 0.941 bits per heavy atom. The van der Waals surface area contributed by atoms with Crippen molar-refractivity contribution in [1.82, 2.24) is 19.7 Å². The number of hydrogen-bond acceptors (Lipinski definition) is 4. The topological polar surface area (TPSA) is 54.3 Å². The maximum atomic E-state index is 13.5. The first-order valence-electron chi connectivity index (χ1n) is 11.4. The fraction of sp³-hybridized carbons (Fsp3) is 0.222. The molecule has 0 radical (unpaired) electrons. The summed E-state index contributed by atoms with van der Waals surface area (Å²) in [7, 11) is 0. The van der Waals surface area contributed by atoms with Crippen molar-refractivity contribution in [2.75, 3.05) is 31.1 Å². The molecule has 0 aliphatic carbocycles. The molecule has 2 aromatic carbocycles. The van der Waals surface area contributed by atoms with E-state index in [-0.39, 0.29) is 11.7 Å². The predicted octanol–water partition coefficient (Wildman–Crippen LogP) is 4.65. The Labute approximate surface area is 198 Å². The van der Waals surface area contributed by atoms with Gasteiger partial charge in [-0.05, 0) is 73.5 Å². The van der Waals surface area contributed by atoms with Crippen molar-refractivity contribution in [3.8, 4) is 16.9 Å². The van der Waals surface area contributed by atoms with Crippen LogP contribution in [0.3, 0.4) is 0 Å². The number of carbonyl (C=O) groups excluding carboxylic acids is 1. The normalized spacial score (nSPS) is 13.9. The minimum atomic E-state index is -0.322. The number of carbonyl (C=O) groups is 1. The Balaban J connectivity index is 1.40. The molecule has 34 heavy (non-hydrogen) atoms. The summed E-state index contributed by atoms with van der Waals surface area (Å²) in [6.45, 7) is 7.05. The van der Waals surface area contributed by atoms with Crippen molar-refractivity contribution < 1.29 is 9.18 Å². The largest absolute Gasteiger partial charge is 0.368 e. The highest BCUT2D eigenvalue weighted by molar-refractivity contribution is 5.94. The molecule has 1 aliphatic heterocycles. The van der Waals surface area contributed by atoms with Crippen LogP contribution in [0.25, 0.3) is 16.9 Å². The van der Waals surface area contributed by atoms with Crippen LogP contribution in [0.15, 0.2) is 73.1 Å². The maximum Gasteiger partial charge on any atom is 0.274 e. The lowest BCUT2D eigenvalue weighted by molar-refractivity contribution is 0.0740. The lowest BCUT2D eigenvalue weighted by Crippen LogP contribution is -2.49. The van der Waals surface area contributed by atoms with Crippen molar-refractivity contribution in [3.63, 3.8) is 0 Å². The average molecular weight is 456 g/mol. The van der Waals surface area contributed by atoms with E-state index in [1.165, 1.54) is 28.9 Å². The Morgan fingerprint density at radius 3 is 2.41 bits per heavy atom. The van der Waals surface area contributed by atoms with Gasteiger partial charge in [0.05, 0.1) is 11.4 Å². The highest BCUT2D eigenvalue weighted by Crippen LogP contribution is 2.26. The van der Waals surface area contributed by atoms with E-state index in [9.17, 15) is 9.18 Å². The van der Waals surface area contributed by atoms with E-state index in [0.29, 0.717) is 24.5 Å². The highest BCUT2D eigenvalue weighted by atomic mass is 19.1. The van der Waals surface area contributed by atoms with Gasteiger partial charge < -0.3 is 9.80 Å². The number of hydrogen-bond donors (Lipinski definition) is 0. The Hall–Kier alpha value is -4.00. The molecule has 1 saturated heterocycles. The van der Waals surface area contributed by atoms with Crippen molar-refractivity contribution in [2.24, 2.45) is 0 Å². The van der Waals surface area contributed by atoms with E-state index >= 15 is 0 Å². The molecule has 0 saturated carbocycles. The van der Waals surface area contributed by atoms with E-state index in [2.05, 4.69) is 47.0 Å². The quantitative estimate of drug-likeness (QED) is 0.449. The van der Waals surface area contributed by atoms with Gasteiger partial charge in [-0.25, -0.2) is 9.07 Å². The number of halogens is 1. The molecule has 1 fully saturated rings. The summed E-state index contributed by atoms with van der Waals surface area (Å²) in [5, 5.41) is 4.63. The first kappa shape index (κ1) is 21.8. The summed E-state index contributed by atoms with van der Waals surface area (Å²) in [6.07, 6.45) is 3.43. The van der Waals surface area contributed by atoms with Gasteiger partial charge in [0.15, 0.2) is 5.69 Å². The molecule has 7 heteroatoms. The molecule has 172 valence electrons. The molecule has 5 rings (SSSR count). The number of rotatable bonds is 4. The molecular weight excluding hydrogens is 429 g/mol. The average Bonchev–Trinajstić information content (AvgIpc) is 3.32. The highest BCUT2D eigenvalue weighted by Gasteiger charge is 2.26. The minimum Gasteiger partial charge on any atom is -0.368 e. The van der Waals surface area contributed by atoms with Gasteiger partial charge in [-0.15, -0.1) is 0 Å². The second kappa shape index (κ2) is 9.09. The number of anilines is 1. The second-order valence-electron chi connectivity index (χ2n) is 8.54. The molecule has 0 atom stereocenters. The fourth-order valence-electron chi connectivity index (χ4n) is 4.38. The number of amides is 1. The zero-order valence-corrected chi connectivity index (χ0v) is 19.3. The summed E-state index contributed by atoms with van der Waals surface area (Å²) in [6, 6.07) is 18.0. The molecule has 6 nitrogen and oxygen atoms in total. The zero-order chi connectivity index (χ0) is 23.7. The molecule has 0 N–H and O–H groups in total. The second-order valence-corrected chi connectivity index (χ2v) is 8.54. The lowest BCUT2D eigenvalue weighted by atomic mass is 10.1. The van der Waals surface area contributed by atoms with Crippen molar-refractivity contribution in [3.05, 3.63) is 95.7 Å². The Morgan fingerprint density at radius 2 is 1.71 bits per heavy atom. The number of aryl methyl sites for hydroxylation is 1. The summed E-state index contributed by atoms with van der Waals surface area (Å²) in [5.41, 5.74) is 6.39. The van der Waals surface area contributed by atoms with Crippen LogP contribution in [0.5, 0.6) is 0 Å². The SMILES string of the molecule is Cc1cccc(N2CCN(C(=O)c3cc(-c4cccnc4)n(-c4ccc(F)cc4)n3)CC2)c1C. The molecule has 1 aliphatic rings. The van der Waals surface area contributed by atoms with Gasteiger partial charge in [-0.2, -0.15) is 5.10 Å². The van der Waals surface area contributed by atoms with E-state index < -0.39 is 0 Å². The van der Waals surface area contributed by atoms with Crippen LogP contribution in [0.2, 0.25) is 0 Å². The van der Waals surface area contributed by atoms with Gasteiger partial charge in [0.25, 0.3) is 5.91 Å². The van der Waals surface area contributed by atoms with Crippen LogP contribution in [0, 0.1) is 19.7 Å². The van der Waals surface area contributed by atoms with Crippen molar-refractivity contribution in [2.45, 2.75) is 13.8 Å². The van der Waals surface area contributed by atoms with E-state index in [1.54, 1.807) is 35.3 Å². The molecule has 3 heterocycles. The van der Waals surface area contributed by atoms with E-state index in [1.807, 2.05) is 17.0 Å². The number of benzene rings is 2. The molecule has 0 unspecified atom stereocenters. The molecule has 4 aromatic rings.